The van der Waals surface area contributed by atoms with E-state index in [0.717, 1.165) is 17.2 Å². The summed E-state index contributed by atoms with van der Waals surface area (Å²) >= 11 is 1.37. The molecule has 1 fully saturated rings. The number of nitrogen functional groups attached to an aromatic ring is 1. The van der Waals surface area contributed by atoms with Crippen molar-refractivity contribution in [2.24, 2.45) is 5.92 Å². The Bertz CT molecular complexity index is 622. The maximum absolute atomic E-state index is 12.1. The molecule has 20 heavy (non-hydrogen) atoms. The quantitative estimate of drug-likeness (QED) is 0.798. The minimum absolute atomic E-state index is 0.152. The van der Waals surface area contributed by atoms with E-state index in [1.807, 2.05) is 12.1 Å². The zero-order valence-corrected chi connectivity index (χ0v) is 11.9. The van der Waals surface area contributed by atoms with Crippen molar-refractivity contribution in [1.29, 1.82) is 0 Å². The first kappa shape index (κ1) is 13.3. The molecule has 0 spiro atoms. The first-order valence-electron chi connectivity index (χ1n) is 6.74. The zero-order chi connectivity index (χ0) is 13.9. The predicted octanol–water partition coefficient (Wildman–Crippen LogP) is 2.03. The van der Waals surface area contributed by atoms with E-state index in [0.29, 0.717) is 29.2 Å². The standard InChI is InChI=1S/C14H17N3O2S/c15-11-12-10(2-1-5-16-12)20-13(11)14(18)17-6-7-19-8-9-3-4-9/h1-2,5,9H,3-4,6-8,15H2,(H,17,18). The molecule has 2 aromatic rings. The number of anilines is 1. The summed E-state index contributed by atoms with van der Waals surface area (Å²) in [5.74, 6) is 0.593. The summed E-state index contributed by atoms with van der Waals surface area (Å²) in [5, 5.41) is 2.83. The number of nitrogens with zero attached hydrogens (tertiary/aromatic N) is 1. The molecule has 3 rings (SSSR count). The lowest BCUT2D eigenvalue weighted by Gasteiger charge is -2.05. The van der Waals surface area contributed by atoms with E-state index in [2.05, 4.69) is 10.3 Å². The molecular formula is C14H17N3O2S. The summed E-state index contributed by atoms with van der Waals surface area (Å²) in [4.78, 5) is 16.8. The third-order valence-corrected chi connectivity index (χ3v) is 4.43. The number of rotatable bonds is 6. The smallest absolute Gasteiger partial charge is 0.263 e. The topological polar surface area (TPSA) is 77.2 Å². The van der Waals surface area contributed by atoms with Crippen LogP contribution in [0.2, 0.25) is 0 Å². The van der Waals surface area contributed by atoms with Crippen LogP contribution < -0.4 is 11.1 Å². The highest BCUT2D eigenvalue weighted by molar-refractivity contribution is 7.21. The summed E-state index contributed by atoms with van der Waals surface area (Å²) in [5.41, 5.74) is 7.14. The van der Waals surface area contributed by atoms with Gasteiger partial charge in [0, 0.05) is 19.3 Å². The van der Waals surface area contributed by atoms with Gasteiger partial charge in [-0.2, -0.15) is 0 Å². The van der Waals surface area contributed by atoms with Gasteiger partial charge in [0.1, 0.15) is 10.4 Å². The van der Waals surface area contributed by atoms with Crippen LogP contribution >= 0.6 is 11.3 Å². The molecule has 2 aromatic heterocycles. The van der Waals surface area contributed by atoms with Crippen molar-refractivity contribution in [3.63, 3.8) is 0 Å². The minimum Gasteiger partial charge on any atom is -0.396 e. The molecule has 106 valence electrons. The normalized spacial score (nSPS) is 14.6. The average Bonchev–Trinajstić information content (AvgIpc) is 3.22. The van der Waals surface area contributed by atoms with E-state index in [-0.39, 0.29) is 5.91 Å². The molecule has 0 atom stereocenters. The van der Waals surface area contributed by atoms with Gasteiger partial charge in [-0.25, -0.2) is 0 Å². The molecule has 1 aliphatic rings. The minimum atomic E-state index is -0.152. The van der Waals surface area contributed by atoms with Gasteiger partial charge in [0.2, 0.25) is 0 Å². The highest BCUT2D eigenvalue weighted by atomic mass is 32.1. The van der Waals surface area contributed by atoms with E-state index in [1.165, 1.54) is 24.2 Å². The second-order valence-corrected chi connectivity index (χ2v) is 6.02. The summed E-state index contributed by atoms with van der Waals surface area (Å²) in [6, 6.07) is 3.75. The second-order valence-electron chi connectivity index (χ2n) is 4.97. The van der Waals surface area contributed by atoms with Gasteiger partial charge in [0.15, 0.2) is 0 Å². The lowest BCUT2D eigenvalue weighted by atomic mass is 10.3. The Morgan fingerprint density at radius 3 is 3.15 bits per heavy atom. The number of nitrogens with two attached hydrogens (primary N) is 1. The highest BCUT2D eigenvalue weighted by Crippen LogP contribution is 2.31. The Labute approximate surface area is 121 Å². The summed E-state index contributed by atoms with van der Waals surface area (Å²) in [7, 11) is 0. The van der Waals surface area contributed by atoms with E-state index >= 15 is 0 Å². The van der Waals surface area contributed by atoms with Gasteiger partial charge in [0.05, 0.1) is 17.0 Å². The van der Waals surface area contributed by atoms with Crippen molar-refractivity contribution in [3.8, 4) is 0 Å². The van der Waals surface area contributed by atoms with E-state index < -0.39 is 0 Å². The monoisotopic (exact) mass is 291 g/mol. The Balaban J connectivity index is 1.56. The van der Waals surface area contributed by atoms with Crippen LogP contribution in [0.4, 0.5) is 5.69 Å². The number of nitrogens with one attached hydrogen (secondary N) is 1. The Morgan fingerprint density at radius 1 is 1.55 bits per heavy atom. The van der Waals surface area contributed by atoms with Crippen molar-refractivity contribution in [2.45, 2.75) is 12.8 Å². The average molecular weight is 291 g/mol. The molecule has 5 nitrogen and oxygen atoms in total. The third-order valence-electron chi connectivity index (χ3n) is 3.27. The van der Waals surface area contributed by atoms with Gasteiger partial charge in [0.25, 0.3) is 5.91 Å². The summed E-state index contributed by atoms with van der Waals surface area (Å²) in [6.45, 7) is 1.86. The largest absolute Gasteiger partial charge is 0.396 e. The first-order chi connectivity index (χ1) is 9.75. The van der Waals surface area contributed by atoms with Crippen LogP contribution in [0, 0.1) is 5.92 Å². The van der Waals surface area contributed by atoms with Gasteiger partial charge in [-0.1, -0.05) is 0 Å². The van der Waals surface area contributed by atoms with Crippen LogP contribution in [-0.4, -0.2) is 30.6 Å². The van der Waals surface area contributed by atoms with Crippen LogP contribution in [0.5, 0.6) is 0 Å². The number of pyridine rings is 1. The molecule has 2 heterocycles. The SMILES string of the molecule is Nc1c(C(=O)NCCOCC2CC2)sc2cccnc12. The molecule has 0 aliphatic heterocycles. The van der Waals surface area contributed by atoms with Crippen LogP contribution in [0.25, 0.3) is 10.2 Å². The summed E-state index contributed by atoms with van der Waals surface area (Å²) < 4.78 is 6.41. The van der Waals surface area contributed by atoms with Crippen molar-refractivity contribution >= 4 is 33.1 Å². The van der Waals surface area contributed by atoms with Crippen LogP contribution in [0.15, 0.2) is 18.3 Å². The molecule has 1 aliphatic carbocycles. The van der Waals surface area contributed by atoms with E-state index in [9.17, 15) is 4.79 Å². The Kier molecular flexibility index (Phi) is 3.84. The number of carbonyl (C=O) groups excluding carboxylic acids is 1. The van der Waals surface area contributed by atoms with Crippen LogP contribution in [0.3, 0.4) is 0 Å². The van der Waals surface area contributed by atoms with Gasteiger partial charge < -0.3 is 15.8 Å². The molecule has 1 saturated carbocycles. The van der Waals surface area contributed by atoms with Crippen molar-refractivity contribution in [3.05, 3.63) is 23.2 Å². The lowest BCUT2D eigenvalue weighted by Crippen LogP contribution is -2.27. The third kappa shape index (κ3) is 2.91. The number of aromatic nitrogens is 1. The number of hydrogen-bond acceptors (Lipinski definition) is 5. The van der Waals surface area contributed by atoms with Crippen LogP contribution in [0.1, 0.15) is 22.5 Å². The molecule has 0 radical (unpaired) electrons. The maximum Gasteiger partial charge on any atom is 0.263 e. The summed E-state index contributed by atoms with van der Waals surface area (Å²) in [6.07, 6.45) is 4.23. The number of amides is 1. The van der Waals surface area contributed by atoms with Crippen molar-refractivity contribution in [1.82, 2.24) is 10.3 Å². The van der Waals surface area contributed by atoms with Gasteiger partial charge in [-0.15, -0.1) is 11.3 Å². The zero-order valence-electron chi connectivity index (χ0n) is 11.1. The predicted molar refractivity (Wildman–Crippen MR) is 79.9 cm³/mol. The molecule has 0 aromatic carbocycles. The van der Waals surface area contributed by atoms with Gasteiger partial charge in [-0.3, -0.25) is 9.78 Å². The fraction of sp³-hybridized carbons (Fsp3) is 0.429. The van der Waals surface area contributed by atoms with Crippen molar-refractivity contribution < 1.29 is 9.53 Å². The van der Waals surface area contributed by atoms with Gasteiger partial charge >= 0.3 is 0 Å². The number of fused-ring (bicyclic) bond motifs is 1. The second kappa shape index (κ2) is 5.76. The fourth-order valence-electron chi connectivity index (χ4n) is 1.97. The molecule has 0 unspecified atom stereocenters. The molecular weight excluding hydrogens is 274 g/mol. The molecule has 0 saturated heterocycles. The Hall–Kier alpha value is -1.66. The lowest BCUT2D eigenvalue weighted by molar-refractivity contribution is 0.0911. The fourth-order valence-corrected chi connectivity index (χ4v) is 2.97. The Morgan fingerprint density at radius 2 is 2.40 bits per heavy atom. The van der Waals surface area contributed by atoms with Gasteiger partial charge in [-0.05, 0) is 30.9 Å². The molecule has 0 bridgehead atoms. The highest BCUT2D eigenvalue weighted by Gasteiger charge is 2.21. The van der Waals surface area contributed by atoms with Crippen molar-refractivity contribution in [2.75, 3.05) is 25.5 Å². The number of hydrogen-bond donors (Lipinski definition) is 2. The molecule has 3 N–H and O–H groups in total. The van der Waals surface area contributed by atoms with E-state index in [4.69, 9.17) is 10.5 Å². The number of thiophene rings is 1. The maximum atomic E-state index is 12.1. The van der Waals surface area contributed by atoms with Crippen LogP contribution in [-0.2, 0) is 4.74 Å². The van der Waals surface area contributed by atoms with E-state index in [1.54, 1.807) is 6.20 Å². The first-order valence-corrected chi connectivity index (χ1v) is 7.56. The molecule has 1 amide bonds. The molecule has 6 heteroatoms. The number of carbonyl (C=O) groups is 1. The number of ether oxygens (including phenoxy) is 1.